The summed E-state index contributed by atoms with van der Waals surface area (Å²) in [5.41, 5.74) is 3.73. The van der Waals surface area contributed by atoms with E-state index in [1.165, 1.54) is 26.7 Å². The summed E-state index contributed by atoms with van der Waals surface area (Å²) in [6.07, 6.45) is 2.85. The van der Waals surface area contributed by atoms with Crippen molar-refractivity contribution in [1.29, 1.82) is 0 Å². The minimum Gasteiger partial charge on any atom is -0.353 e. The summed E-state index contributed by atoms with van der Waals surface area (Å²) < 4.78 is 0. The number of nitrogens with one attached hydrogen (secondary N) is 1. The molecule has 2 heteroatoms. The molecule has 2 aromatic rings. The molecule has 0 amide bonds. The van der Waals surface area contributed by atoms with Crippen LogP contribution in [0.15, 0.2) is 64.9 Å². The normalized spacial score (nSPS) is 12.2. The molecule has 0 aliphatic carbocycles. The first-order valence-electron chi connectivity index (χ1n) is 5.65. The van der Waals surface area contributed by atoms with E-state index in [-0.39, 0.29) is 0 Å². The van der Waals surface area contributed by atoms with Crippen LogP contribution in [0.4, 0.5) is 11.4 Å². The number of benzene rings is 2. The molecule has 1 aliphatic heterocycles. The summed E-state index contributed by atoms with van der Waals surface area (Å²) in [6, 6.07) is 14.8. The van der Waals surface area contributed by atoms with Crippen molar-refractivity contribution in [3.05, 3.63) is 60.7 Å². The van der Waals surface area contributed by atoms with Gasteiger partial charge in [0.15, 0.2) is 0 Å². The highest BCUT2D eigenvalue weighted by Crippen LogP contribution is 2.45. The zero-order valence-corrected chi connectivity index (χ0v) is 10.3. The summed E-state index contributed by atoms with van der Waals surface area (Å²) in [5.74, 6) is 0. The standard InChI is InChI=1S/C15H13NS/c1-2-6-11-7-5-10-14-15(11)16-12-8-3-4-9-13(12)17-14/h2-5,7-10,16H,1,6H2. The Morgan fingerprint density at radius 3 is 2.76 bits per heavy atom. The van der Waals surface area contributed by atoms with Gasteiger partial charge in [-0.3, -0.25) is 0 Å². The molecule has 84 valence electrons. The first-order chi connectivity index (χ1) is 8.38. The van der Waals surface area contributed by atoms with Crippen molar-refractivity contribution in [1.82, 2.24) is 0 Å². The molecule has 0 unspecified atom stereocenters. The number of hydrogen-bond acceptors (Lipinski definition) is 2. The second kappa shape index (κ2) is 4.30. The van der Waals surface area contributed by atoms with E-state index in [1.54, 1.807) is 0 Å². The Balaban J connectivity index is 2.08. The van der Waals surface area contributed by atoms with Gasteiger partial charge in [0.05, 0.1) is 11.4 Å². The number of anilines is 2. The summed E-state index contributed by atoms with van der Waals surface area (Å²) in [7, 11) is 0. The molecule has 1 nitrogen and oxygen atoms in total. The second-order valence-electron chi connectivity index (χ2n) is 4.01. The summed E-state index contributed by atoms with van der Waals surface area (Å²) in [6.45, 7) is 3.81. The molecule has 0 bridgehead atoms. The zero-order valence-electron chi connectivity index (χ0n) is 9.44. The molecule has 1 aliphatic rings. The van der Waals surface area contributed by atoms with E-state index in [4.69, 9.17) is 0 Å². The van der Waals surface area contributed by atoms with Gasteiger partial charge in [0.1, 0.15) is 0 Å². The van der Waals surface area contributed by atoms with E-state index < -0.39 is 0 Å². The first-order valence-corrected chi connectivity index (χ1v) is 6.47. The lowest BCUT2D eigenvalue weighted by Gasteiger charge is -2.22. The summed E-state index contributed by atoms with van der Waals surface area (Å²) in [4.78, 5) is 2.58. The Morgan fingerprint density at radius 1 is 1.06 bits per heavy atom. The Morgan fingerprint density at radius 2 is 1.88 bits per heavy atom. The van der Waals surface area contributed by atoms with Gasteiger partial charge in [-0.2, -0.15) is 0 Å². The number of para-hydroxylation sites is 2. The van der Waals surface area contributed by atoms with E-state index in [0.717, 1.165) is 6.42 Å². The van der Waals surface area contributed by atoms with Crippen molar-refractivity contribution in [2.45, 2.75) is 16.2 Å². The van der Waals surface area contributed by atoms with E-state index >= 15 is 0 Å². The lowest BCUT2D eigenvalue weighted by Crippen LogP contribution is -2.02. The third-order valence-corrected chi connectivity index (χ3v) is 3.98. The smallest absolute Gasteiger partial charge is 0.0562 e. The maximum absolute atomic E-state index is 3.81. The van der Waals surface area contributed by atoms with Crippen LogP contribution in [0.1, 0.15) is 5.56 Å². The number of hydrogen-bond donors (Lipinski definition) is 1. The van der Waals surface area contributed by atoms with Crippen molar-refractivity contribution < 1.29 is 0 Å². The molecule has 0 saturated heterocycles. The molecule has 0 fully saturated rings. The minimum atomic E-state index is 0.902. The molecule has 0 aromatic heterocycles. The van der Waals surface area contributed by atoms with Gasteiger partial charge in [0.25, 0.3) is 0 Å². The van der Waals surface area contributed by atoms with Crippen LogP contribution in [-0.2, 0) is 6.42 Å². The van der Waals surface area contributed by atoms with Crippen LogP contribution in [-0.4, -0.2) is 0 Å². The van der Waals surface area contributed by atoms with Crippen molar-refractivity contribution >= 4 is 23.1 Å². The van der Waals surface area contributed by atoms with Crippen LogP contribution in [0.2, 0.25) is 0 Å². The van der Waals surface area contributed by atoms with Crippen molar-refractivity contribution in [3.63, 3.8) is 0 Å². The first kappa shape index (κ1) is 10.5. The van der Waals surface area contributed by atoms with Crippen molar-refractivity contribution in [2.75, 3.05) is 5.32 Å². The van der Waals surface area contributed by atoms with E-state index in [2.05, 4.69) is 54.4 Å². The van der Waals surface area contributed by atoms with Gasteiger partial charge < -0.3 is 5.32 Å². The monoisotopic (exact) mass is 239 g/mol. The van der Waals surface area contributed by atoms with Gasteiger partial charge in [-0.05, 0) is 30.2 Å². The highest BCUT2D eigenvalue weighted by Gasteiger charge is 2.16. The van der Waals surface area contributed by atoms with Crippen LogP contribution in [0.3, 0.4) is 0 Å². The van der Waals surface area contributed by atoms with Gasteiger partial charge in [-0.15, -0.1) is 6.58 Å². The molecule has 0 radical (unpaired) electrons. The molecule has 0 spiro atoms. The second-order valence-corrected chi connectivity index (χ2v) is 5.09. The number of allylic oxidation sites excluding steroid dienone is 1. The Hall–Kier alpha value is -1.67. The van der Waals surface area contributed by atoms with Crippen molar-refractivity contribution in [3.8, 4) is 0 Å². The zero-order chi connectivity index (χ0) is 11.7. The van der Waals surface area contributed by atoms with Gasteiger partial charge in [-0.1, -0.05) is 42.1 Å². The van der Waals surface area contributed by atoms with Gasteiger partial charge in [0, 0.05) is 9.79 Å². The van der Waals surface area contributed by atoms with Crippen LogP contribution in [0, 0.1) is 0 Å². The fourth-order valence-electron chi connectivity index (χ4n) is 2.04. The van der Waals surface area contributed by atoms with Crippen LogP contribution < -0.4 is 5.32 Å². The van der Waals surface area contributed by atoms with E-state index in [0.29, 0.717) is 0 Å². The maximum atomic E-state index is 3.81. The predicted octanol–water partition coefficient (Wildman–Crippen LogP) is 4.62. The van der Waals surface area contributed by atoms with E-state index in [9.17, 15) is 0 Å². The largest absolute Gasteiger partial charge is 0.353 e. The van der Waals surface area contributed by atoms with Crippen molar-refractivity contribution in [2.24, 2.45) is 0 Å². The Labute approximate surface area is 106 Å². The van der Waals surface area contributed by atoms with Gasteiger partial charge in [0.2, 0.25) is 0 Å². The van der Waals surface area contributed by atoms with Gasteiger partial charge in [-0.25, -0.2) is 0 Å². The predicted molar refractivity (Wildman–Crippen MR) is 74.2 cm³/mol. The van der Waals surface area contributed by atoms with Gasteiger partial charge >= 0.3 is 0 Å². The lowest BCUT2D eigenvalue weighted by molar-refractivity contribution is 1.21. The third-order valence-electron chi connectivity index (χ3n) is 2.84. The molecule has 17 heavy (non-hydrogen) atoms. The summed E-state index contributed by atoms with van der Waals surface area (Å²) in [5, 5.41) is 3.53. The SMILES string of the molecule is C=CCc1cccc2c1Nc1ccccc1S2. The topological polar surface area (TPSA) is 12.0 Å². The fourth-order valence-corrected chi connectivity index (χ4v) is 3.08. The van der Waals surface area contributed by atoms with E-state index in [1.807, 2.05) is 17.8 Å². The molecule has 0 saturated carbocycles. The number of rotatable bonds is 2. The van der Waals surface area contributed by atoms with Crippen LogP contribution in [0.5, 0.6) is 0 Å². The molecule has 1 heterocycles. The Bertz CT molecular complexity index is 575. The lowest BCUT2D eigenvalue weighted by atomic mass is 10.1. The number of fused-ring (bicyclic) bond motifs is 2. The highest BCUT2D eigenvalue weighted by atomic mass is 32.2. The average molecular weight is 239 g/mol. The van der Waals surface area contributed by atoms with Crippen LogP contribution >= 0.6 is 11.8 Å². The van der Waals surface area contributed by atoms with Crippen LogP contribution in [0.25, 0.3) is 0 Å². The third kappa shape index (κ3) is 1.85. The average Bonchev–Trinajstić information content (AvgIpc) is 2.37. The Kier molecular flexibility index (Phi) is 2.65. The highest BCUT2D eigenvalue weighted by molar-refractivity contribution is 7.99. The maximum Gasteiger partial charge on any atom is 0.0562 e. The summed E-state index contributed by atoms with van der Waals surface area (Å²) >= 11 is 1.83. The molecular weight excluding hydrogens is 226 g/mol. The fraction of sp³-hybridized carbons (Fsp3) is 0.0667. The molecule has 3 rings (SSSR count). The molecular formula is C15H13NS. The minimum absolute atomic E-state index is 0.902. The molecule has 0 atom stereocenters. The molecule has 1 N–H and O–H groups in total. The quantitative estimate of drug-likeness (QED) is 0.655. The molecule has 2 aromatic carbocycles.